The highest BCUT2D eigenvalue weighted by atomic mass is 35.5. The van der Waals surface area contributed by atoms with E-state index in [1.54, 1.807) is 18.5 Å². The number of hydrogen-bond donors (Lipinski definition) is 1. The molecule has 0 aliphatic carbocycles. The molecule has 0 bridgehead atoms. The molecule has 2 aromatic carbocycles. The number of para-hydroxylation sites is 1. The predicted octanol–water partition coefficient (Wildman–Crippen LogP) is 5.68. The van der Waals surface area contributed by atoms with E-state index in [0.717, 1.165) is 23.4 Å². The van der Waals surface area contributed by atoms with Gasteiger partial charge in [0.1, 0.15) is 12.4 Å². The first kappa shape index (κ1) is 20.5. The van der Waals surface area contributed by atoms with Crippen molar-refractivity contribution in [2.24, 2.45) is 0 Å². The van der Waals surface area contributed by atoms with Gasteiger partial charge in [-0.2, -0.15) is 0 Å². The highest BCUT2D eigenvalue weighted by Gasteiger charge is 2.06. The molecule has 1 heterocycles. The summed E-state index contributed by atoms with van der Waals surface area (Å²) >= 11 is 12.1. The number of pyridine rings is 1. The van der Waals surface area contributed by atoms with E-state index >= 15 is 0 Å². The summed E-state index contributed by atoms with van der Waals surface area (Å²) in [6.45, 7) is 1.89. The van der Waals surface area contributed by atoms with Crippen LogP contribution < -0.4 is 10.1 Å². The van der Waals surface area contributed by atoms with Crippen LogP contribution in [0.15, 0.2) is 67.0 Å². The molecule has 136 valence electrons. The van der Waals surface area contributed by atoms with Crippen LogP contribution in [0.25, 0.3) is 0 Å². The van der Waals surface area contributed by atoms with E-state index < -0.39 is 0 Å². The Morgan fingerprint density at radius 2 is 1.65 bits per heavy atom. The van der Waals surface area contributed by atoms with Crippen molar-refractivity contribution in [3.63, 3.8) is 0 Å². The van der Waals surface area contributed by atoms with Gasteiger partial charge in [0.05, 0.1) is 0 Å². The van der Waals surface area contributed by atoms with Gasteiger partial charge in [-0.05, 0) is 35.9 Å². The Bertz CT molecular complexity index is 828. The Balaban J connectivity index is 0.00000243. The fraction of sp³-hybridized carbons (Fsp3) is 0.150. The number of ether oxygens (including phenoxy) is 1. The van der Waals surface area contributed by atoms with Gasteiger partial charge in [-0.3, -0.25) is 4.98 Å². The Kier molecular flexibility index (Phi) is 8.20. The summed E-state index contributed by atoms with van der Waals surface area (Å²) in [7, 11) is 0. The molecule has 3 aromatic rings. The molecule has 0 aliphatic rings. The fourth-order valence-corrected chi connectivity index (χ4v) is 2.89. The highest BCUT2D eigenvalue weighted by molar-refractivity contribution is 6.35. The van der Waals surface area contributed by atoms with E-state index in [9.17, 15) is 0 Å². The van der Waals surface area contributed by atoms with Gasteiger partial charge in [0.15, 0.2) is 0 Å². The van der Waals surface area contributed by atoms with Crippen LogP contribution in [0.5, 0.6) is 5.75 Å². The van der Waals surface area contributed by atoms with E-state index in [2.05, 4.69) is 16.4 Å². The van der Waals surface area contributed by atoms with Crippen molar-refractivity contribution in [2.75, 3.05) is 0 Å². The quantitative estimate of drug-likeness (QED) is 0.545. The number of rotatable bonds is 7. The van der Waals surface area contributed by atoms with Crippen molar-refractivity contribution < 1.29 is 4.74 Å². The molecule has 3 rings (SSSR count). The van der Waals surface area contributed by atoms with Crippen molar-refractivity contribution in [3.05, 3.63) is 93.7 Å². The van der Waals surface area contributed by atoms with E-state index in [1.165, 1.54) is 5.56 Å². The van der Waals surface area contributed by atoms with Crippen LogP contribution in [-0.2, 0) is 19.7 Å². The molecule has 0 amide bonds. The molecule has 1 N–H and O–H groups in total. The summed E-state index contributed by atoms with van der Waals surface area (Å²) in [4.78, 5) is 4.02. The van der Waals surface area contributed by atoms with Crippen LogP contribution in [0.4, 0.5) is 0 Å². The van der Waals surface area contributed by atoms with Crippen molar-refractivity contribution in [1.82, 2.24) is 10.3 Å². The second-order valence-corrected chi connectivity index (χ2v) is 6.43. The summed E-state index contributed by atoms with van der Waals surface area (Å²) in [6, 6.07) is 17.4. The maximum atomic E-state index is 6.21. The molecule has 0 spiro atoms. The van der Waals surface area contributed by atoms with Gasteiger partial charge >= 0.3 is 0 Å². The summed E-state index contributed by atoms with van der Waals surface area (Å²) < 4.78 is 5.97. The third-order valence-electron chi connectivity index (χ3n) is 3.76. The van der Waals surface area contributed by atoms with Crippen LogP contribution in [0.3, 0.4) is 0 Å². The van der Waals surface area contributed by atoms with Gasteiger partial charge < -0.3 is 10.1 Å². The molecule has 1 aromatic heterocycles. The van der Waals surface area contributed by atoms with E-state index in [0.29, 0.717) is 23.2 Å². The summed E-state index contributed by atoms with van der Waals surface area (Å²) in [6.07, 6.45) is 3.59. The first-order valence-corrected chi connectivity index (χ1v) is 8.72. The van der Waals surface area contributed by atoms with Gasteiger partial charge in [-0.15, -0.1) is 12.4 Å². The number of halogens is 3. The van der Waals surface area contributed by atoms with Crippen molar-refractivity contribution in [3.8, 4) is 5.75 Å². The zero-order chi connectivity index (χ0) is 17.5. The Morgan fingerprint density at radius 3 is 2.42 bits per heavy atom. The van der Waals surface area contributed by atoms with Crippen molar-refractivity contribution in [2.45, 2.75) is 19.7 Å². The number of hydrogen-bond acceptors (Lipinski definition) is 3. The first-order valence-electron chi connectivity index (χ1n) is 7.96. The van der Waals surface area contributed by atoms with Crippen LogP contribution >= 0.6 is 35.6 Å². The normalized spacial score (nSPS) is 10.2. The second-order valence-electron chi connectivity index (χ2n) is 5.59. The van der Waals surface area contributed by atoms with Crippen LogP contribution in [0.1, 0.15) is 16.7 Å². The third kappa shape index (κ3) is 5.89. The number of nitrogens with one attached hydrogen (secondary N) is 1. The molecule has 0 radical (unpaired) electrons. The number of benzene rings is 2. The molecule has 26 heavy (non-hydrogen) atoms. The minimum absolute atomic E-state index is 0. The zero-order valence-electron chi connectivity index (χ0n) is 14.0. The van der Waals surface area contributed by atoms with Gasteiger partial charge in [0.2, 0.25) is 0 Å². The fourth-order valence-electron chi connectivity index (χ4n) is 2.43. The molecule has 0 unspecified atom stereocenters. The third-order valence-corrected chi connectivity index (χ3v) is 4.35. The average molecular weight is 410 g/mol. The van der Waals surface area contributed by atoms with E-state index in [-0.39, 0.29) is 12.4 Å². The molecular weight excluding hydrogens is 391 g/mol. The van der Waals surface area contributed by atoms with Gasteiger partial charge in [0, 0.05) is 46.7 Å². The average Bonchev–Trinajstić information content (AvgIpc) is 2.63. The second kappa shape index (κ2) is 10.4. The molecule has 3 nitrogen and oxygen atoms in total. The van der Waals surface area contributed by atoms with Crippen LogP contribution in [0, 0.1) is 0 Å². The largest absolute Gasteiger partial charge is 0.489 e. The minimum atomic E-state index is 0. The molecule has 0 saturated heterocycles. The smallest absolute Gasteiger partial charge is 0.124 e. The lowest BCUT2D eigenvalue weighted by molar-refractivity contribution is 0.302. The molecule has 0 atom stereocenters. The van der Waals surface area contributed by atoms with Crippen LogP contribution in [0.2, 0.25) is 10.0 Å². The number of nitrogens with zero attached hydrogens (tertiary/aromatic N) is 1. The number of aromatic nitrogens is 1. The van der Waals surface area contributed by atoms with Crippen molar-refractivity contribution >= 4 is 35.6 Å². The van der Waals surface area contributed by atoms with Gasteiger partial charge in [-0.1, -0.05) is 47.5 Å². The van der Waals surface area contributed by atoms with Gasteiger partial charge in [-0.25, -0.2) is 0 Å². The van der Waals surface area contributed by atoms with Crippen molar-refractivity contribution in [1.29, 1.82) is 0 Å². The predicted molar refractivity (Wildman–Crippen MR) is 109 cm³/mol. The molecular formula is C20H19Cl3N2O. The standard InChI is InChI=1S/C20H18Cl2N2O.ClH/c21-18-6-5-17(19(22)11-18)14-25-20-4-2-1-3-16(20)13-24-12-15-7-9-23-10-8-15;/h1-11,24H,12-14H2;1H. The maximum absolute atomic E-state index is 6.21. The molecule has 0 saturated carbocycles. The maximum Gasteiger partial charge on any atom is 0.124 e. The minimum Gasteiger partial charge on any atom is -0.489 e. The Hall–Kier alpha value is -1.78. The lowest BCUT2D eigenvalue weighted by atomic mass is 10.2. The molecule has 0 aliphatic heterocycles. The Morgan fingerprint density at radius 1 is 0.885 bits per heavy atom. The lowest BCUT2D eigenvalue weighted by Gasteiger charge is -2.13. The molecule has 0 fully saturated rings. The summed E-state index contributed by atoms with van der Waals surface area (Å²) in [5.74, 6) is 0.843. The van der Waals surface area contributed by atoms with Crippen LogP contribution in [-0.4, -0.2) is 4.98 Å². The topological polar surface area (TPSA) is 34.1 Å². The Labute approximate surface area is 169 Å². The summed E-state index contributed by atoms with van der Waals surface area (Å²) in [5, 5.41) is 4.66. The molecule has 6 heteroatoms. The SMILES string of the molecule is Cl.Clc1ccc(COc2ccccc2CNCc2ccncc2)c(Cl)c1. The lowest BCUT2D eigenvalue weighted by Crippen LogP contribution is -2.13. The summed E-state index contributed by atoms with van der Waals surface area (Å²) in [5.41, 5.74) is 3.20. The van der Waals surface area contributed by atoms with E-state index in [4.69, 9.17) is 27.9 Å². The van der Waals surface area contributed by atoms with Gasteiger partial charge in [0.25, 0.3) is 0 Å². The monoisotopic (exact) mass is 408 g/mol. The first-order chi connectivity index (χ1) is 12.2. The highest BCUT2D eigenvalue weighted by Crippen LogP contribution is 2.24. The van der Waals surface area contributed by atoms with E-state index in [1.807, 2.05) is 42.5 Å². The zero-order valence-corrected chi connectivity index (χ0v) is 16.3.